The third-order valence-corrected chi connectivity index (χ3v) is 2.52. The van der Waals surface area contributed by atoms with Crippen molar-refractivity contribution in [3.8, 4) is 0 Å². The molecule has 0 saturated carbocycles. The summed E-state index contributed by atoms with van der Waals surface area (Å²) in [6.45, 7) is 5.09. The number of aryl methyl sites for hydroxylation is 1. The highest BCUT2D eigenvalue weighted by molar-refractivity contribution is 5.92. The van der Waals surface area contributed by atoms with Crippen LogP contribution in [-0.2, 0) is 6.54 Å². The molecular weight excluding hydrogens is 204 g/mol. The van der Waals surface area contributed by atoms with Gasteiger partial charge in [-0.3, -0.25) is 4.79 Å². The Balaban J connectivity index is 2.46. The highest BCUT2D eigenvalue weighted by atomic mass is 16.3. The standard InChI is InChI=1S/C12H20N2O2/c1-3-6-10(15)9-13-12(16)11-7-5-8-14(11)4-2/h5,7-8,10,15H,3-4,6,9H2,1-2H3,(H,13,16). The van der Waals surface area contributed by atoms with Gasteiger partial charge in [-0.15, -0.1) is 0 Å². The monoisotopic (exact) mass is 224 g/mol. The smallest absolute Gasteiger partial charge is 0.267 e. The van der Waals surface area contributed by atoms with Crippen LogP contribution in [0, 0.1) is 0 Å². The Labute approximate surface area is 96.3 Å². The maximum Gasteiger partial charge on any atom is 0.267 e. The molecule has 1 rings (SSSR count). The first-order valence-corrected chi connectivity index (χ1v) is 5.80. The number of nitrogens with zero attached hydrogens (tertiary/aromatic N) is 1. The van der Waals surface area contributed by atoms with Crippen LogP contribution in [0.1, 0.15) is 37.2 Å². The predicted octanol–water partition coefficient (Wildman–Crippen LogP) is 1.40. The van der Waals surface area contributed by atoms with Crippen molar-refractivity contribution in [1.82, 2.24) is 9.88 Å². The first kappa shape index (κ1) is 12.8. The number of aromatic nitrogens is 1. The van der Waals surface area contributed by atoms with Gasteiger partial charge in [-0.2, -0.15) is 0 Å². The van der Waals surface area contributed by atoms with E-state index in [9.17, 15) is 9.90 Å². The van der Waals surface area contributed by atoms with Crippen molar-refractivity contribution < 1.29 is 9.90 Å². The quantitative estimate of drug-likeness (QED) is 0.767. The van der Waals surface area contributed by atoms with E-state index in [1.54, 1.807) is 6.07 Å². The minimum atomic E-state index is -0.445. The van der Waals surface area contributed by atoms with E-state index < -0.39 is 6.10 Å². The van der Waals surface area contributed by atoms with Crippen LogP contribution in [0.2, 0.25) is 0 Å². The van der Waals surface area contributed by atoms with Gasteiger partial charge in [0, 0.05) is 19.3 Å². The second kappa shape index (κ2) is 6.33. The summed E-state index contributed by atoms with van der Waals surface area (Å²) in [5.41, 5.74) is 0.645. The highest BCUT2D eigenvalue weighted by Gasteiger charge is 2.11. The van der Waals surface area contributed by atoms with Crippen molar-refractivity contribution in [2.45, 2.75) is 39.3 Å². The first-order chi connectivity index (χ1) is 7.69. The Bertz CT molecular complexity index is 334. The van der Waals surface area contributed by atoms with Crippen molar-refractivity contribution >= 4 is 5.91 Å². The summed E-state index contributed by atoms with van der Waals surface area (Å²) in [4.78, 5) is 11.8. The SMILES string of the molecule is CCCC(O)CNC(=O)c1cccn1CC. The van der Waals surface area contributed by atoms with Gasteiger partial charge in [-0.05, 0) is 25.5 Å². The van der Waals surface area contributed by atoms with Crippen LogP contribution in [-0.4, -0.2) is 28.2 Å². The molecule has 16 heavy (non-hydrogen) atoms. The third-order valence-electron chi connectivity index (χ3n) is 2.52. The third kappa shape index (κ3) is 3.38. The average Bonchev–Trinajstić information content (AvgIpc) is 2.74. The lowest BCUT2D eigenvalue weighted by Crippen LogP contribution is -2.33. The van der Waals surface area contributed by atoms with Gasteiger partial charge in [0.25, 0.3) is 5.91 Å². The second-order valence-electron chi connectivity index (χ2n) is 3.83. The lowest BCUT2D eigenvalue weighted by Gasteiger charge is -2.11. The van der Waals surface area contributed by atoms with Crippen LogP contribution < -0.4 is 5.32 Å². The molecule has 0 spiro atoms. The van der Waals surface area contributed by atoms with Crippen LogP contribution in [0.4, 0.5) is 0 Å². The summed E-state index contributed by atoms with van der Waals surface area (Å²) in [6.07, 6.45) is 3.06. The second-order valence-corrected chi connectivity index (χ2v) is 3.83. The van der Waals surface area contributed by atoms with Gasteiger partial charge < -0.3 is 15.0 Å². The zero-order chi connectivity index (χ0) is 12.0. The zero-order valence-corrected chi connectivity index (χ0v) is 9.94. The molecule has 4 nitrogen and oxygen atoms in total. The number of aliphatic hydroxyl groups is 1. The Morgan fingerprint density at radius 2 is 2.31 bits per heavy atom. The van der Waals surface area contributed by atoms with Crippen molar-refractivity contribution in [2.24, 2.45) is 0 Å². The van der Waals surface area contributed by atoms with E-state index in [2.05, 4.69) is 5.32 Å². The molecule has 1 aromatic rings. The summed E-state index contributed by atoms with van der Waals surface area (Å²) >= 11 is 0. The van der Waals surface area contributed by atoms with E-state index in [1.807, 2.05) is 30.7 Å². The fraction of sp³-hybridized carbons (Fsp3) is 0.583. The molecule has 0 fully saturated rings. The first-order valence-electron chi connectivity index (χ1n) is 5.80. The Hall–Kier alpha value is -1.29. The number of amides is 1. The molecule has 0 aliphatic heterocycles. The molecule has 90 valence electrons. The van der Waals surface area contributed by atoms with Crippen LogP contribution in [0.25, 0.3) is 0 Å². The number of rotatable bonds is 6. The fourth-order valence-corrected chi connectivity index (χ4v) is 1.63. The molecule has 1 unspecified atom stereocenters. The van der Waals surface area contributed by atoms with E-state index in [4.69, 9.17) is 0 Å². The molecule has 1 amide bonds. The van der Waals surface area contributed by atoms with E-state index in [0.29, 0.717) is 12.2 Å². The Morgan fingerprint density at radius 3 is 2.94 bits per heavy atom. The lowest BCUT2D eigenvalue weighted by molar-refractivity contribution is 0.0901. The molecule has 0 bridgehead atoms. The van der Waals surface area contributed by atoms with Gasteiger partial charge in [0.2, 0.25) is 0 Å². The minimum Gasteiger partial charge on any atom is -0.391 e. The summed E-state index contributed by atoms with van der Waals surface area (Å²) in [5, 5.41) is 12.2. The minimum absolute atomic E-state index is 0.123. The molecule has 0 saturated heterocycles. The lowest BCUT2D eigenvalue weighted by atomic mass is 10.2. The fourth-order valence-electron chi connectivity index (χ4n) is 1.63. The van der Waals surface area contributed by atoms with Crippen LogP contribution in [0.3, 0.4) is 0 Å². The molecule has 0 aliphatic carbocycles. The van der Waals surface area contributed by atoms with Gasteiger partial charge in [0.15, 0.2) is 0 Å². The number of carbonyl (C=O) groups excluding carboxylic acids is 1. The number of hydrogen-bond donors (Lipinski definition) is 2. The number of carbonyl (C=O) groups is 1. The molecule has 1 aromatic heterocycles. The molecule has 0 aliphatic rings. The molecule has 0 aromatic carbocycles. The van der Waals surface area contributed by atoms with Gasteiger partial charge in [-0.25, -0.2) is 0 Å². The topological polar surface area (TPSA) is 54.3 Å². The molecule has 4 heteroatoms. The highest BCUT2D eigenvalue weighted by Crippen LogP contribution is 2.02. The van der Waals surface area contributed by atoms with E-state index in [1.165, 1.54) is 0 Å². The zero-order valence-electron chi connectivity index (χ0n) is 9.94. The van der Waals surface area contributed by atoms with Gasteiger partial charge in [-0.1, -0.05) is 13.3 Å². The maximum atomic E-state index is 11.8. The van der Waals surface area contributed by atoms with E-state index in [-0.39, 0.29) is 5.91 Å². The number of aliphatic hydroxyl groups excluding tert-OH is 1. The van der Waals surface area contributed by atoms with Crippen molar-refractivity contribution in [1.29, 1.82) is 0 Å². The normalized spacial score (nSPS) is 12.4. The Kier molecular flexibility index (Phi) is 5.05. The van der Waals surface area contributed by atoms with E-state index >= 15 is 0 Å². The van der Waals surface area contributed by atoms with Crippen LogP contribution in [0.5, 0.6) is 0 Å². The van der Waals surface area contributed by atoms with E-state index in [0.717, 1.165) is 19.4 Å². The molecule has 1 atom stereocenters. The number of hydrogen-bond acceptors (Lipinski definition) is 2. The van der Waals surface area contributed by atoms with Crippen LogP contribution >= 0.6 is 0 Å². The molecule has 2 N–H and O–H groups in total. The average molecular weight is 224 g/mol. The molecular formula is C12H20N2O2. The summed E-state index contributed by atoms with van der Waals surface area (Å²) < 4.78 is 1.88. The summed E-state index contributed by atoms with van der Waals surface area (Å²) in [5.74, 6) is -0.123. The maximum absolute atomic E-state index is 11.8. The van der Waals surface area contributed by atoms with Crippen molar-refractivity contribution in [3.63, 3.8) is 0 Å². The van der Waals surface area contributed by atoms with Crippen molar-refractivity contribution in [2.75, 3.05) is 6.54 Å². The van der Waals surface area contributed by atoms with Crippen molar-refractivity contribution in [3.05, 3.63) is 24.0 Å². The Morgan fingerprint density at radius 1 is 1.56 bits per heavy atom. The van der Waals surface area contributed by atoms with Gasteiger partial charge in [0.05, 0.1) is 6.10 Å². The molecule has 1 heterocycles. The van der Waals surface area contributed by atoms with Gasteiger partial charge >= 0.3 is 0 Å². The number of nitrogens with one attached hydrogen (secondary N) is 1. The summed E-state index contributed by atoms with van der Waals surface area (Å²) in [6, 6.07) is 3.63. The van der Waals surface area contributed by atoms with Gasteiger partial charge in [0.1, 0.15) is 5.69 Å². The molecule has 0 radical (unpaired) electrons. The summed E-state index contributed by atoms with van der Waals surface area (Å²) in [7, 11) is 0. The largest absolute Gasteiger partial charge is 0.391 e. The van der Waals surface area contributed by atoms with Crippen LogP contribution in [0.15, 0.2) is 18.3 Å². The predicted molar refractivity (Wildman–Crippen MR) is 63.4 cm³/mol.